The first-order valence-corrected chi connectivity index (χ1v) is 12.3. The summed E-state index contributed by atoms with van der Waals surface area (Å²) in [5.41, 5.74) is 3.30. The maximum Gasteiger partial charge on any atom is 0.123 e. The number of β-amino-alcohol motifs (C(OH)–C–C–N with tert-alkyl or cyclic N) is 1. The third-order valence-electron chi connectivity index (χ3n) is 6.22. The van der Waals surface area contributed by atoms with E-state index in [4.69, 9.17) is 0 Å². The second-order valence-corrected chi connectivity index (χ2v) is 10.2. The Hall–Kier alpha value is -1.93. The van der Waals surface area contributed by atoms with Crippen LogP contribution in [0.5, 0.6) is 0 Å². The van der Waals surface area contributed by atoms with Gasteiger partial charge in [0.25, 0.3) is 0 Å². The van der Waals surface area contributed by atoms with Crippen molar-refractivity contribution in [3.8, 4) is 0 Å². The molecule has 1 unspecified atom stereocenters. The molecule has 1 fully saturated rings. The first-order chi connectivity index (χ1) is 15.5. The summed E-state index contributed by atoms with van der Waals surface area (Å²) in [5.74, 6) is -0.208. The van der Waals surface area contributed by atoms with Gasteiger partial charge in [0.15, 0.2) is 0 Å². The van der Waals surface area contributed by atoms with Gasteiger partial charge in [0.2, 0.25) is 0 Å². The molecule has 3 aromatic carbocycles. The number of piperazine rings is 1. The Balaban J connectivity index is 1.29. The molecule has 1 aliphatic rings. The molecule has 5 rings (SSSR count). The summed E-state index contributed by atoms with van der Waals surface area (Å²) in [5, 5.41) is 13.3. The van der Waals surface area contributed by atoms with Gasteiger partial charge < -0.3 is 14.6 Å². The predicted octanol–water partition coefficient (Wildman–Crippen LogP) is 5.64. The molecule has 0 aliphatic carbocycles. The lowest BCUT2D eigenvalue weighted by Crippen LogP contribution is -2.49. The number of aliphatic hydroxyl groups is 1. The number of aromatic nitrogens is 1. The number of nitrogens with zero attached hydrogens (tertiary/aromatic N) is 3. The first-order valence-electron chi connectivity index (χ1n) is 10.8. The molecule has 0 spiro atoms. The minimum Gasteiger partial charge on any atom is -0.390 e. The highest BCUT2D eigenvalue weighted by molar-refractivity contribution is 9.10. The topological polar surface area (TPSA) is 31.6 Å². The number of benzene rings is 3. The fraction of sp³-hybridized carbons (Fsp3) is 0.280. The number of hydrogen-bond acceptors (Lipinski definition) is 3. The van der Waals surface area contributed by atoms with E-state index < -0.39 is 6.10 Å². The molecule has 1 aliphatic heterocycles. The zero-order valence-electron chi connectivity index (χ0n) is 17.5. The van der Waals surface area contributed by atoms with E-state index in [1.165, 1.54) is 22.9 Å². The Morgan fingerprint density at radius 3 is 1.91 bits per heavy atom. The molecule has 0 bridgehead atoms. The number of anilines is 1. The van der Waals surface area contributed by atoms with Crippen LogP contribution in [0.25, 0.3) is 21.8 Å². The quantitative estimate of drug-likeness (QED) is 0.343. The maximum atomic E-state index is 13.2. The van der Waals surface area contributed by atoms with Crippen molar-refractivity contribution in [3.05, 3.63) is 75.4 Å². The van der Waals surface area contributed by atoms with Gasteiger partial charge in [-0.1, -0.05) is 31.9 Å². The van der Waals surface area contributed by atoms with Crippen LogP contribution in [-0.4, -0.2) is 53.4 Å². The molecule has 32 heavy (non-hydrogen) atoms. The van der Waals surface area contributed by atoms with E-state index in [0.717, 1.165) is 51.8 Å². The van der Waals surface area contributed by atoms with Gasteiger partial charge in [-0.25, -0.2) is 4.39 Å². The smallest absolute Gasteiger partial charge is 0.123 e. The minimum absolute atomic E-state index is 0.208. The normalized spacial score (nSPS) is 16.2. The number of hydrogen-bond donors (Lipinski definition) is 1. The molecule has 1 saturated heterocycles. The van der Waals surface area contributed by atoms with Gasteiger partial charge in [0.1, 0.15) is 5.82 Å². The van der Waals surface area contributed by atoms with Crippen molar-refractivity contribution in [2.45, 2.75) is 12.6 Å². The molecule has 4 aromatic rings. The Morgan fingerprint density at radius 2 is 1.34 bits per heavy atom. The van der Waals surface area contributed by atoms with E-state index in [2.05, 4.69) is 70.5 Å². The molecule has 2 heterocycles. The van der Waals surface area contributed by atoms with Gasteiger partial charge in [-0.2, -0.15) is 0 Å². The summed E-state index contributed by atoms with van der Waals surface area (Å²) in [7, 11) is 0. The van der Waals surface area contributed by atoms with Crippen molar-refractivity contribution in [2.75, 3.05) is 37.6 Å². The minimum atomic E-state index is -0.474. The molecule has 1 aromatic heterocycles. The summed E-state index contributed by atoms with van der Waals surface area (Å²) in [6.07, 6.45) is -0.474. The van der Waals surface area contributed by atoms with E-state index in [0.29, 0.717) is 13.1 Å². The summed E-state index contributed by atoms with van der Waals surface area (Å²) < 4.78 is 17.5. The third-order valence-corrected chi connectivity index (χ3v) is 7.20. The van der Waals surface area contributed by atoms with Gasteiger partial charge in [0, 0.05) is 69.2 Å². The van der Waals surface area contributed by atoms with Gasteiger partial charge >= 0.3 is 0 Å². The summed E-state index contributed by atoms with van der Waals surface area (Å²) in [6.45, 7) is 4.67. The number of fused-ring (bicyclic) bond motifs is 3. The number of halogens is 3. The molecule has 4 nitrogen and oxygen atoms in total. The van der Waals surface area contributed by atoms with Crippen LogP contribution in [0.15, 0.2) is 69.6 Å². The first kappa shape index (κ1) is 21.9. The molecule has 0 saturated carbocycles. The van der Waals surface area contributed by atoms with Gasteiger partial charge in [-0.15, -0.1) is 0 Å². The predicted molar refractivity (Wildman–Crippen MR) is 136 cm³/mol. The molecule has 0 radical (unpaired) electrons. The molecule has 166 valence electrons. The van der Waals surface area contributed by atoms with Crippen LogP contribution in [0.3, 0.4) is 0 Å². The van der Waals surface area contributed by atoms with Crippen LogP contribution in [0.4, 0.5) is 10.1 Å². The zero-order valence-corrected chi connectivity index (χ0v) is 20.7. The van der Waals surface area contributed by atoms with Crippen LogP contribution in [-0.2, 0) is 6.54 Å². The Bertz CT molecular complexity index is 1190. The lowest BCUT2D eigenvalue weighted by atomic mass is 10.2. The lowest BCUT2D eigenvalue weighted by Gasteiger charge is -2.37. The lowest BCUT2D eigenvalue weighted by molar-refractivity contribution is 0.0969. The van der Waals surface area contributed by atoms with E-state index in [1.54, 1.807) is 0 Å². The fourth-order valence-corrected chi connectivity index (χ4v) is 5.37. The summed E-state index contributed by atoms with van der Waals surface area (Å²) >= 11 is 7.18. The van der Waals surface area contributed by atoms with E-state index >= 15 is 0 Å². The third kappa shape index (κ3) is 4.44. The molecule has 1 atom stereocenters. The number of rotatable bonds is 5. The van der Waals surface area contributed by atoms with Crippen molar-refractivity contribution < 1.29 is 9.50 Å². The Morgan fingerprint density at radius 1 is 0.781 bits per heavy atom. The highest BCUT2D eigenvalue weighted by Gasteiger charge is 2.21. The van der Waals surface area contributed by atoms with Crippen molar-refractivity contribution in [1.29, 1.82) is 0 Å². The van der Waals surface area contributed by atoms with Crippen LogP contribution in [0.2, 0.25) is 0 Å². The fourth-order valence-electron chi connectivity index (χ4n) is 4.65. The largest absolute Gasteiger partial charge is 0.390 e. The van der Waals surface area contributed by atoms with Crippen LogP contribution in [0.1, 0.15) is 0 Å². The summed E-state index contributed by atoms with van der Waals surface area (Å²) in [4.78, 5) is 4.58. The highest BCUT2D eigenvalue weighted by Crippen LogP contribution is 2.33. The maximum absolute atomic E-state index is 13.2. The monoisotopic (exact) mass is 559 g/mol. The van der Waals surface area contributed by atoms with E-state index in [9.17, 15) is 9.50 Å². The molecule has 0 amide bonds. The van der Waals surface area contributed by atoms with Crippen LogP contribution < -0.4 is 4.90 Å². The molecule has 7 heteroatoms. The number of aliphatic hydroxyl groups excluding tert-OH is 1. The van der Waals surface area contributed by atoms with Gasteiger partial charge in [-0.05, 0) is 60.7 Å². The SMILES string of the molecule is OC(CN1CCN(c2ccc(F)cc2)CC1)Cn1c2ccc(Br)cc2c2cc(Br)ccc21. The Kier molecular flexibility index (Phi) is 6.25. The van der Waals surface area contributed by atoms with Crippen molar-refractivity contribution in [3.63, 3.8) is 0 Å². The average molecular weight is 561 g/mol. The molecular weight excluding hydrogens is 537 g/mol. The van der Waals surface area contributed by atoms with Crippen molar-refractivity contribution >= 4 is 59.4 Å². The average Bonchev–Trinajstić information content (AvgIpc) is 3.07. The van der Waals surface area contributed by atoms with Crippen LogP contribution >= 0.6 is 31.9 Å². The van der Waals surface area contributed by atoms with E-state index in [1.807, 2.05) is 24.3 Å². The van der Waals surface area contributed by atoms with E-state index in [-0.39, 0.29) is 5.82 Å². The zero-order chi connectivity index (χ0) is 22.2. The van der Waals surface area contributed by atoms with Gasteiger partial charge in [0.05, 0.1) is 12.6 Å². The van der Waals surface area contributed by atoms with Crippen LogP contribution in [0, 0.1) is 5.82 Å². The Labute approximate surface area is 203 Å². The molecular formula is C25H24Br2FN3O. The second-order valence-electron chi connectivity index (χ2n) is 8.35. The standard InChI is InChI=1S/C25H24Br2FN3O/c26-17-1-7-24-22(13-17)23-14-18(27)2-8-25(23)31(24)16-21(32)15-29-9-11-30(12-10-29)20-5-3-19(28)4-6-20/h1-8,13-14,21,32H,9-12,15-16H2. The van der Waals surface area contributed by atoms with Crippen molar-refractivity contribution in [1.82, 2.24) is 9.47 Å². The molecule has 1 N–H and O–H groups in total. The van der Waals surface area contributed by atoms with Gasteiger partial charge in [-0.3, -0.25) is 4.90 Å². The highest BCUT2D eigenvalue weighted by atomic mass is 79.9. The summed E-state index contributed by atoms with van der Waals surface area (Å²) in [6, 6.07) is 19.3. The second kappa shape index (κ2) is 9.14. The van der Waals surface area contributed by atoms with Crippen molar-refractivity contribution in [2.24, 2.45) is 0 Å².